The summed E-state index contributed by atoms with van der Waals surface area (Å²) in [5.74, 6) is -0.299. The summed E-state index contributed by atoms with van der Waals surface area (Å²) in [5, 5.41) is 20.1. The second kappa shape index (κ2) is 35.6. The van der Waals surface area contributed by atoms with Gasteiger partial charge in [0, 0.05) is 12.8 Å². The summed E-state index contributed by atoms with van der Waals surface area (Å²) in [6, 6.07) is 0. The quantitative estimate of drug-likeness (QED) is 0.0209. The zero-order valence-corrected chi connectivity index (χ0v) is 34.2. The molecule has 0 aliphatic rings. The van der Waals surface area contributed by atoms with E-state index in [-0.39, 0.29) is 19.4 Å². The third-order valence-electron chi connectivity index (χ3n) is 8.74. The van der Waals surface area contributed by atoms with E-state index in [9.17, 15) is 24.4 Å². The number of hydrogen-bond donors (Lipinski definition) is 4. The standard InChI is InChI=1S/C42H75O10P/c1-4-5-22-29-38(43)30-24-19-15-13-16-20-25-31-39(44)32-27-34-42(46)52-40(36-51-53(47,48)49)35-50-41(45)33-26-21-17-12-10-8-6-7-9-11-14-18-23-28-37(2)3/h15-16,19-20,24-25,30-31,37-40,43-44H,4-14,17-18,21-23,26-29,32-36H2,1-3H3,(H2,47,48,49)/b19-15-,20-16-,30-24+,31-25+/t38-,39-,40-/m1/s1. The van der Waals surface area contributed by atoms with Crippen LogP contribution in [-0.2, 0) is 28.2 Å². The van der Waals surface area contributed by atoms with Gasteiger partial charge in [0.05, 0.1) is 18.8 Å². The van der Waals surface area contributed by atoms with Crippen LogP contribution < -0.4 is 0 Å². The maximum Gasteiger partial charge on any atom is 0.469 e. The van der Waals surface area contributed by atoms with Crippen LogP contribution in [0.15, 0.2) is 48.6 Å². The number of carbonyl (C=O) groups excluding carboxylic acids is 2. The lowest BCUT2D eigenvalue weighted by Gasteiger charge is -2.18. The minimum Gasteiger partial charge on any atom is -0.462 e. The van der Waals surface area contributed by atoms with E-state index in [4.69, 9.17) is 19.3 Å². The Morgan fingerprint density at radius 1 is 0.604 bits per heavy atom. The number of phosphoric ester groups is 1. The zero-order chi connectivity index (χ0) is 39.4. The van der Waals surface area contributed by atoms with Crippen molar-refractivity contribution in [2.75, 3.05) is 13.2 Å². The van der Waals surface area contributed by atoms with Gasteiger partial charge in [-0.1, -0.05) is 172 Å². The molecule has 0 fully saturated rings. The van der Waals surface area contributed by atoms with E-state index in [1.165, 1.54) is 64.2 Å². The third-order valence-corrected chi connectivity index (χ3v) is 9.22. The highest BCUT2D eigenvalue weighted by Gasteiger charge is 2.23. The maximum atomic E-state index is 12.4. The Labute approximate surface area is 321 Å². The highest BCUT2D eigenvalue weighted by atomic mass is 31.2. The topological polar surface area (TPSA) is 160 Å². The van der Waals surface area contributed by atoms with Crippen molar-refractivity contribution in [1.29, 1.82) is 0 Å². The van der Waals surface area contributed by atoms with E-state index in [1.807, 2.05) is 30.4 Å². The van der Waals surface area contributed by atoms with Crippen molar-refractivity contribution in [1.82, 2.24) is 0 Å². The minimum atomic E-state index is -4.82. The molecule has 0 radical (unpaired) electrons. The normalized spacial score (nSPS) is 14.3. The van der Waals surface area contributed by atoms with Gasteiger partial charge in [-0.2, -0.15) is 0 Å². The molecule has 0 bridgehead atoms. The molecule has 0 rings (SSSR count). The first kappa shape index (κ1) is 50.9. The van der Waals surface area contributed by atoms with Crippen LogP contribution in [0.25, 0.3) is 0 Å². The summed E-state index contributed by atoms with van der Waals surface area (Å²) in [6.07, 6.45) is 34.8. The molecule has 11 heteroatoms. The van der Waals surface area contributed by atoms with E-state index in [2.05, 4.69) is 25.3 Å². The maximum absolute atomic E-state index is 12.4. The number of ether oxygens (including phenoxy) is 2. The minimum absolute atomic E-state index is 0.0364. The van der Waals surface area contributed by atoms with E-state index in [0.29, 0.717) is 25.7 Å². The van der Waals surface area contributed by atoms with Gasteiger partial charge in [-0.25, -0.2) is 4.57 Å². The lowest BCUT2D eigenvalue weighted by atomic mass is 10.0. The average molecular weight is 771 g/mol. The SMILES string of the molecule is CCCCC[C@@H](O)/C=C/C=C\C/C=C\C=C\[C@@H](O)CCCC(=O)O[C@H](COC(=O)CCCCCCCCCCCCCCCC(C)C)COP(=O)(O)O. The summed E-state index contributed by atoms with van der Waals surface area (Å²) in [4.78, 5) is 42.8. The number of carbonyl (C=O) groups is 2. The number of aliphatic hydroxyl groups excluding tert-OH is 2. The van der Waals surface area contributed by atoms with Gasteiger partial charge in [-0.15, -0.1) is 0 Å². The highest BCUT2D eigenvalue weighted by molar-refractivity contribution is 7.46. The third kappa shape index (κ3) is 39.4. The van der Waals surface area contributed by atoms with Crippen molar-refractivity contribution in [2.45, 2.75) is 187 Å². The summed E-state index contributed by atoms with van der Waals surface area (Å²) in [6.45, 7) is 5.72. The van der Waals surface area contributed by atoms with Crippen LogP contribution >= 0.6 is 7.82 Å². The molecule has 0 saturated carbocycles. The summed E-state index contributed by atoms with van der Waals surface area (Å²) >= 11 is 0. The van der Waals surface area contributed by atoms with Gasteiger partial charge in [0.15, 0.2) is 6.10 Å². The molecule has 0 spiro atoms. The van der Waals surface area contributed by atoms with Crippen LogP contribution in [0.5, 0.6) is 0 Å². The first-order valence-corrected chi connectivity index (χ1v) is 22.0. The summed E-state index contributed by atoms with van der Waals surface area (Å²) in [7, 11) is -4.82. The van der Waals surface area contributed by atoms with Crippen LogP contribution in [0.1, 0.15) is 168 Å². The number of rotatable bonds is 36. The Bertz CT molecular complexity index is 1050. The lowest BCUT2D eigenvalue weighted by Crippen LogP contribution is -2.29. The smallest absolute Gasteiger partial charge is 0.462 e. The Kier molecular flexibility index (Phi) is 34.2. The fourth-order valence-electron chi connectivity index (χ4n) is 5.59. The monoisotopic (exact) mass is 771 g/mol. The Morgan fingerprint density at radius 2 is 1.08 bits per heavy atom. The van der Waals surface area contributed by atoms with Gasteiger partial charge in [0.25, 0.3) is 0 Å². The van der Waals surface area contributed by atoms with Gasteiger partial charge in [-0.3, -0.25) is 14.1 Å². The van der Waals surface area contributed by atoms with E-state index in [0.717, 1.165) is 50.9 Å². The van der Waals surface area contributed by atoms with Crippen molar-refractivity contribution in [2.24, 2.45) is 5.92 Å². The molecule has 0 aliphatic carbocycles. The van der Waals surface area contributed by atoms with Crippen LogP contribution in [0.4, 0.5) is 0 Å². The Morgan fingerprint density at radius 3 is 1.58 bits per heavy atom. The molecule has 0 aliphatic heterocycles. The molecule has 0 aromatic carbocycles. The van der Waals surface area contributed by atoms with Crippen molar-refractivity contribution in [3.8, 4) is 0 Å². The molecule has 0 unspecified atom stereocenters. The van der Waals surface area contributed by atoms with Gasteiger partial charge in [0.2, 0.25) is 0 Å². The Balaban J connectivity index is 4.17. The second-order valence-electron chi connectivity index (χ2n) is 14.5. The van der Waals surface area contributed by atoms with Gasteiger partial charge in [-0.05, 0) is 38.0 Å². The van der Waals surface area contributed by atoms with Crippen molar-refractivity contribution >= 4 is 19.8 Å². The number of allylic oxidation sites excluding steroid dienone is 6. The first-order valence-electron chi connectivity index (χ1n) is 20.5. The van der Waals surface area contributed by atoms with Crippen LogP contribution in [0, 0.1) is 5.92 Å². The first-order chi connectivity index (χ1) is 25.4. The second-order valence-corrected chi connectivity index (χ2v) is 15.7. The Hall–Kier alpha value is -2.07. The average Bonchev–Trinajstić information content (AvgIpc) is 3.10. The molecule has 0 aromatic rings. The van der Waals surface area contributed by atoms with Crippen molar-refractivity contribution in [3.63, 3.8) is 0 Å². The zero-order valence-electron chi connectivity index (χ0n) is 33.3. The summed E-state index contributed by atoms with van der Waals surface area (Å²) in [5.41, 5.74) is 0. The molecule has 3 atom stereocenters. The number of esters is 2. The molecule has 4 N–H and O–H groups in total. The molecule has 53 heavy (non-hydrogen) atoms. The van der Waals surface area contributed by atoms with Gasteiger partial charge < -0.3 is 29.5 Å². The molecule has 0 heterocycles. The molecule has 0 aromatic heterocycles. The van der Waals surface area contributed by atoms with Crippen LogP contribution in [-0.4, -0.2) is 63.5 Å². The van der Waals surface area contributed by atoms with Gasteiger partial charge in [0.1, 0.15) is 6.61 Å². The predicted molar refractivity (Wildman–Crippen MR) is 214 cm³/mol. The lowest BCUT2D eigenvalue weighted by molar-refractivity contribution is -0.161. The summed E-state index contributed by atoms with van der Waals surface area (Å²) < 4.78 is 26.2. The molecular weight excluding hydrogens is 695 g/mol. The molecule has 10 nitrogen and oxygen atoms in total. The van der Waals surface area contributed by atoms with Crippen molar-refractivity contribution in [3.05, 3.63) is 48.6 Å². The highest BCUT2D eigenvalue weighted by Crippen LogP contribution is 2.36. The van der Waals surface area contributed by atoms with Crippen LogP contribution in [0.3, 0.4) is 0 Å². The fraction of sp³-hybridized carbons (Fsp3) is 0.762. The number of phosphoric acid groups is 1. The largest absolute Gasteiger partial charge is 0.469 e. The number of hydrogen-bond acceptors (Lipinski definition) is 8. The predicted octanol–water partition coefficient (Wildman–Crippen LogP) is 10.1. The fourth-order valence-corrected chi connectivity index (χ4v) is 5.96. The van der Waals surface area contributed by atoms with E-state index in [1.54, 1.807) is 18.2 Å². The number of aliphatic hydroxyl groups is 2. The van der Waals surface area contributed by atoms with Gasteiger partial charge >= 0.3 is 19.8 Å². The van der Waals surface area contributed by atoms with E-state index >= 15 is 0 Å². The molecule has 0 saturated heterocycles. The van der Waals surface area contributed by atoms with Crippen molar-refractivity contribution < 1.29 is 48.2 Å². The molecule has 308 valence electrons. The van der Waals surface area contributed by atoms with Crippen LogP contribution in [0.2, 0.25) is 0 Å². The van der Waals surface area contributed by atoms with E-state index < -0.39 is 44.7 Å². The molecular formula is C42H75O10P. The molecule has 0 amide bonds. The number of unbranched alkanes of at least 4 members (excludes halogenated alkanes) is 14.